The summed E-state index contributed by atoms with van der Waals surface area (Å²) in [5, 5.41) is 9.85. The summed E-state index contributed by atoms with van der Waals surface area (Å²) in [5.41, 5.74) is 0.511. The standard InChI is InChI=1S/C13H12FNO3/c14-7-4-5-9-8(6-7)12(17)13(18)15(9)10-2-1-3-11(10)16/h4-6,10-11,16H,1-3H2/t10-,11-/m0/s1. The fraction of sp³-hybridized carbons (Fsp3) is 0.385. The third-order valence-corrected chi connectivity index (χ3v) is 3.65. The van der Waals surface area contributed by atoms with Gasteiger partial charge in [0.2, 0.25) is 0 Å². The largest absolute Gasteiger partial charge is 0.391 e. The first-order chi connectivity index (χ1) is 8.59. The number of hydrogen-bond donors (Lipinski definition) is 1. The fourth-order valence-corrected chi connectivity index (χ4v) is 2.79. The highest BCUT2D eigenvalue weighted by molar-refractivity contribution is 6.52. The van der Waals surface area contributed by atoms with Crippen LogP contribution in [0, 0.1) is 5.82 Å². The van der Waals surface area contributed by atoms with Crippen LogP contribution in [0.4, 0.5) is 10.1 Å². The first-order valence-electron chi connectivity index (χ1n) is 5.95. The van der Waals surface area contributed by atoms with Crippen molar-refractivity contribution < 1.29 is 19.1 Å². The van der Waals surface area contributed by atoms with E-state index in [1.807, 2.05) is 0 Å². The Morgan fingerprint density at radius 3 is 2.72 bits per heavy atom. The molecule has 18 heavy (non-hydrogen) atoms. The molecule has 0 saturated heterocycles. The Kier molecular flexibility index (Phi) is 2.45. The van der Waals surface area contributed by atoms with Crippen LogP contribution in [0.25, 0.3) is 0 Å². The molecule has 1 aliphatic carbocycles. The van der Waals surface area contributed by atoms with Gasteiger partial charge in [-0.15, -0.1) is 0 Å². The quantitative estimate of drug-likeness (QED) is 0.762. The molecule has 5 heteroatoms. The van der Waals surface area contributed by atoms with Crippen LogP contribution in [0.1, 0.15) is 29.6 Å². The van der Waals surface area contributed by atoms with E-state index in [2.05, 4.69) is 0 Å². The monoisotopic (exact) mass is 249 g/mol. The predicted molar refractivity (Wildman–Crippen MR) is 61.9 cm³/mol. The Bertz CT molecular complexity index is 543. The Morgan fingerprint density at radius 2 is 2.06 bits per heavy atom. The molecule has 1 N–H and O–H groups in total. The van der Waals surface area contributed by atoms with Gasteiger partial charge in [0, 0.05) is 0 Å². The summed E-state index contributed by atoms with van der Waals surface area (Å²) in [6.07, 6.45) is 1.49. The molecule has 0 bridgehead atoms. The maximum absolute atomic E-state index is 13.1. The lowest BCUT2D eigenvalue weighted by Crippen LogP contribution is -2.43. The number of amides is 1. The number of halogens is 1. The van der Waals surface area contributed by atoms with Crippen LogP contribution in [0.2, 0.25) is 0 Å². The van der Waals surface area contributed by atoms with Crippen molar-refractivity contribution in [1.82, 2.24) is 0 Å². The van der Waals surface area contributed by atoms with Crippen molar-refractivity contribution in [2.45, 2.75) is 31.4 Å². The molecule has 2 aliphatic rings. The van der Waals surface area contributed by atoms with Gasteiger partial charge in [-0.1, -0.05) is 0 Å². The Balaban J connectivity index is 2.07. The zero-order chi connectivity index (χ0) is 12.9. The van der Waals surface area contributed by atoms with Crippen molar-refractivity contribution in [2.75, 3.05) is 4.90 Å². The molecular formula is C13H12FNO3. The summed E-state index contributed by atoms with van der Waals surface area (Å²) < 4.78 is 13.1. The van der Waals surface area contributed by atoms with Crippen LogP contribution in [0.3, 0.4) is 0 Å². The molecule has 1 aliphatic heterocycles. The van der Waals surface area contributed by atoms with Gasteiger partial charge >= 0.3 is 0 Å². The Labute approximate surface area is 103 Å². The average molecular weight is 249 g/mol. The number of fused-ring (bicyclic) bond motifs is 1. The Morgan fingerprint density at radius 1 is 1.28 bits per heavy atom. The summed E-state index contributed by atoms with van der Waals surface area (Å²) in [6, 6.07) is 3.36. The van der Waals surface area contributed by atoms with Crippen LogP contribution in [0.15, 0.2) is 18.2 Å². The van der Waals surface area contributed by atoms with Crippen molar-refractivity contribution in [3.63, 3.8) is 0 Å². The number of carbonyl (C=O) groups excluding carboxylic acids is 2. The molecule has 1 aromatic rings. The van der Waals surface area contributed by atoms with Crippen molar-refractivity contribution >= 4 is 17.4 Å². The van der Waals surface area contributed by atoms with E-state index < -0.39 is 23.6 Å². The number of rotatable bonds is 1. The number of carbonyl (C=O) groups is 2. The number of nitrogens with zero attached hydrogens (tertiary/aromatic N) is 1. The Hall–Kier alpha value is -1.75. The van der Waals surface area contributed by atoms with Crippen molar-refractivity contribution in [2.24, 2.45) is 0 Å². The maximum Gasteiger partial charge on any atom is 0.299 e. The maximum atomic E-state index is 13.1. The number of aliphatic hydroxyl groups excluding tert-OH is 1. The van der Waals surface area contributed by atoms with E-state index >= 15 is 0 Å². The van der Waals surface area contributed by atoms with Crippen molar-refractivity contribution in [3.05, 3.63) is 29.6 Å². The number of benzene rings is 1. The highest BCUT2D eigenvalue weighted by Gasteiger charge is 2.43. The van der Waals surface area contributed by atoms with Gasteiger partial charge in [0.1, 0.15) is 5.82 Å². The van der Waals surface area contributed by atoms with E-state index in [4.69, 9.17) is 0 Å². The highest BCUT2D eigenvalue weighted by Crippen LogP contribution is 2.36. The number of Topliss-reactive ketones (excluding diaryl/α,β-unsaturated/α-hetero) is 1. The summed E-state index contributed by atoms with van der Waals surface area (Å²) in [7, 11) is 0. The van der Waals surface area contributed by atoms with Gasteiger partial charge in [-0.25, -0.2) is 4.39 Å². The molecule has 3 rings (SSSR count). The summed E-state index contributed by atoms with van der Waals surface area (Å²) in [6.45, 7) is 0. The lowest BCUT2D eigenvalue weighted by atomic mass is 10.1. The van der Waals surface area contributed by atoms with Gasteiger partial charge in [0.15, 0.2) is 0 Å². The third-order valence-electron chi connectivity index (χ3n) is 3.65. The lowest BCUT2D eigenvalue weighted by molar-refractivity contribution is -0.115. The van der Waals surface area contributed by atoms with Gasteiger partial charge < -0.3 is 5.11 Å². The predicted octanol–water partition coefficient (Wildman–Crippen LogP) is 1.27. The minimum absolute atomic E-state index is 0.0964. The first kappa shape index (κ1) is 11.3. The van der Waals surface area contributed by atoms with E-state index in [1.165, 1.54) is 17.0 Å². The molecule has 0 unspecified atom stereocenters. The van der Waals surface area contributed by atoms with Crippen LogP contribution >= 0.6 is 0 Å². The summed E-state index contributed by atoms with van der Waals surface area (Å²) in [4.78, 5) is 25.1. The molecule has 1 amide bonds. The van der Waals surface area contributed by atoms with Gasteiger partial charge in [-0.05, 0) is 37.5 Å². The fourth-order valence-electron chi connectivity index (χ4n) is 2.79. The van der Waals surface area contributed by atoms with E-state index in [1.54, 1.807) is 0 Å². The van der Waals surface area contributed by atoms with Crippen molar-refractivity contribution in [1.29, 1.82) is 0 Å². The van der Waals surface area contributed by atoms with E-state index in [-0.39, 0.29) is 11.6 Å². The highest BCUT2D eigenvalue weighted by atomic mass is 19.1. The minimum atomic E-state index is -0.691. The first-order valence-corrected chi connectivity index (χ1v) is 5.95. The molecule has 0 aromatic heterocycles. The number of hydrogen-bond acceptors (Lipinski definition) is 3. The van der Waals surface area contributed by atoms with Crippen molar-refractivity contribution in [3.8, 4) is 0 Å². The molecule has 0 radical (unpaired) electrons. The van der Waals surface area contributed by atoms with Gasteiger partial charge in [-0.3, -0.25) is 14.5 Å². The summed E-state index contributed by atoms with van der Waals surface area (Å²) >= 11 is 0. The normalized spacial score (nSPS) is 26.9. The van der Waals surface area contributed by atoms with E-state index in [9.17, 15) is 19.1 Å². The second-order valence-electron chi connectivity index (χ2n) is 4.73. The second-order valence-corrected chi connectivity index (χ2v) is 4.73. The second kappa shape index (κ2) is 3.88. The molecule has 1 heterocycles. The number of ketones is 1. The van der Waals surface area contributed by atoms with Crippen LogP contribution in [-0.4, -0.2) is 28.9 Å². The molecule has 1 saturated carbocycles. The minimum Gasteiger partial charge on any atom is -0.391 e. The van der Waals surface area contributed by atoms with E-state index in [0.29, 0.717) is 18.5 Å². The molecule has 1 aromatic carbocycles. The third kappa shape index (κ3) is 1.47. The molecule has 1 fully saturated rings. The van der Waals surface area contributed by atoms with Gasteiger partial charge in [0.05, 0.1) is 23.4 Å². The molecule has 2 atom stereocenters. The molecule has 4 nitrogen and oxygen atoms in total. The van der Waals surface area contributed by atoms with Crippen LogP contribution in [-0.2, 0) is 4.79 Å². The number of anilines is 1. The van der Waals surface area contributed by atoms with Crippen LogP contribution < -0.4 is 4.90 Å². The average Bonchev–Trinajstić information content (AvgIpc) is 2.85. The smallest absolute Gasteiger partial charge is 0.299 e. The SMILES string of the molecule is O=C1C(=O)N([C@H]2CCC[C@@H]2O)c2ccc(F)cc21. The zero-order valence-corrected chi connectivity index (χ0v) is 9.60. The topological polar surface area (TPSA) is 57.6 Å². The molecule has 0 spiro atoms. The van der Waals surface area contributed by atoms with Crippen LogP contribution in [0.5, 0.6) is 0 Å². The summed E-state index contributed by atoms with van der Waals surface area (Å²) in [5.74, 6) is -1.89. The van der Waals surface area contributed by atoms with E-state index in [0.717, 1.165) is 12.5 Å². The molecule has 94 valence electrons. The lowest BCUT2D eigenvalue weighted by Gasteiger charge is -2.26. The zero-order valence-electron chi connectivity index (χ0n) is 9.60. The van der Waals surface area contributed by atoms with Gasteiger partial charge in [-0.2, -0.15) is 0 Å². The molecular weight excluding hydrogens is 237 g/mol. The number of aliphatic hydroxyl groups is 1. The van der Waals surface area contributed by atoms with Gasteiger partial charge in [0.25, 0.3) is 11.7 Å².